The van der Waals surface area contributed by atoms with E-state index in [1.54, 1.807) is 0 Å². The van der Waals surface area contributed by atoms with E-state index in [-0.39, 0.29) is 12.5 Å². The van der Waals surface area contributed by atoms with Crippen LogP contribution < -0.4 is 5.32 Å². The van der Waals surface area contributed by atoms with E-state index >= 15 is 0 Å². The average molecular weight is 389 g/mol. The zero-order valence-corrected chi connectivity index (χ0v) is 16.4. The molecule has 0 atom stereocenters. The Kier molecular flexibility index (Phi) is 5.53. The Morgan fingerprint density at radius 1 is 1.10 bits per heavy atom. The number of ether oxygens (including phenoxy) is 1. The molecule has 0 radical (unpaired) electrons. The van der Waals surface area contributed by atoms with Crippen LogP contribution >= 0.6 is 0 Å². The van der Waals surface area contributed by atoms with Crippen molar-refractivity contribution in [2.45, 2.75) is 19.5 Å². The Balaban J connectivity index is 1.51. The number of amides is 1. The molecule has 1 aliphatic heterocycles. The summed E-state index contributed by atoms with van der Waals surface area (Å²) in [5.41, 5.74) is 4.11. The van der Waals surface area contributed by atoms with Crippen molar-refractivity contribution in [3.8, 4) is 0 Å². The number of nitrogens with one attached hydrogen (secondary N) is 1. The third-order valence-electron chi connectivity index (χ3n) is 5.11. The van der Waals surface area contributed by atoms with Crippen LogP contribution in [0.4, 0.5) is 0 Å². The summed E-state index contributed by atoms with van der Waals surface area (Å²) in [7, 11) is 2.02. The molecule has 148 valence electrons. The smallest absolute Gasteiger partial charge is 0.339 e. The van der Waals surface area contributed by atoms with Gasteiger partial charge in [0.25, 0.3) is 5.91 Å². The lowest BCUT2D eigenvalue weighted by Crippen LogP contribution is -2.31. The van der Waals surface area contributed by atoms with Crippen molar-refractivity contribution >= 4 is 22.8 Å². The van der Waals surface area contributed by atoms with Gasteiger partial charge in [-0.05, 0) is 18.7 Å². The first-order valence-electron chi connectivity index (χ1n) is 9.68. The molecule has 0 aliphatic carbocycles. The highest BCUT2D eigenvalue weighted by molar-refractivity contribution is 6.05. The van der Waals surface area contributed by atoms with Gasteiger partial charge in [0.05, 0.1) is 11.1 Å². The number of esters is 1. The number of para-hydroxylation sites is 1. The lowest BCUT2D eigenvalue weighted by molar-refractivity contribution is -0.124. The zero-order chi connectivity index (χ0) is 20.2. The highest BCUT2D eigenvalue weighted by Gasteiger charge is 2.25. The summed E-state index contributed by atoms with van der Waals surface area (Å²) in [5.74, 6) is -0.809. The summed E-state index contributed by atoms with van der Waals surface area (Å²) < 4.78 is 5.39. The molecule has 2 heterocycles. The summed E-state index contributed by atoms with van der Waals surface area (Å²) in [4.78, 5) is 32.0. The first kappa shape index (κ1) is 19.1. The molecule has 6 nitrogen and oxygen atoms in total. The first-order valence-corrected chi connectivity index (χ1v) is 9.68. The number of rotatable bonds is 5. The van der Waals surface area contributed by atoms with Crippen molar-refractivity contribution in [1.29, 1.82) is 0 Å². The number of pyridine rings is 1. The lowest BCUT2D eigenvalue weighted by atomic mass is 9.96. The number of hydrogen-bond acceptors (Lipinski definition) is 5. The second kappa shape index (κ2) is 8.41. The van der Waals surface area contributed by atoms with Gasteiger partial charge in [-0.3, -0.25) is 9.78 Å². The van der Waals surface area contributed by atoms with Crippen molar-refractivity contribution in [2.24, 2.45) is 0 Å². The average Bonchev–Trinajstić information content (AvgIpc) is 2.75. The maximum Gasteiger partial charge on any atom is 0.339 e. The minimum absolute atomic E-state index is 0.313. The molecule has 0 unspecified atom stereocenters. The van der Waals surface area contributed by atoms with E-state index in [0.717, 1.165) is 40.7 Å². The van der Waals surface area contributed by atoms with E-state index in [1.807, 2.05) is 61.6 Å². The number of benzene rings is 2. The van der Waals surface area contributed by atoms with Gasteiger partial charge in [-0.15, -0.1) is 0 Å². The van der Waals surface area contributed by atoms with Crippen molar-refractivity contribution in [3.63, 3.8) is 0 Å². The SMILES string of the molecule is CN1CCc2nc3ccccc3c(C(=O)OCC(=O)NCc3ccccc3)c2C1. The first-order chi connectivity index (χ1) is 14.1. The second-order valence-corrected chi connectivity index (χ2v) is 7.26. The Bertz CT molecular complexity index is 1050. The molecule has 0 saturated carbocycles. The largest absolute Gasteiger partial charge is 0.452 e. The highest BCUT2D eigenvalue weighted by atomic mass is 16.5. The summed E-state index contributed by atoms with van der Waals surface area (Å²) in [6.07, 6.45) is 0.786. The van der Waals surface area contributed by atoms with Gasteiger partial charge in [-0.25, -0.2) is 4.79 Å². The summed E-state index contributed by atoms with van der Waals surface area (Å²) in [6.45, 7) is 1.62. The molecule has 2 aromatic carbocycles. The number of hydrogen-bond donors (Lipinski definition) is 1. The van der Waals surface area contributed by atoms with Gasteiger partial charge >= 0.3 is 5.97 Å². The summed E-state index contributed by atoms with van der Waals surface area (Å²) >= 11 is 0. The molecule has 1 aromatic heterocycles. The molecule has 0 bridgehead atoms. The van der Waals surface area contributed by atoms with Crippen LogP contribution in [0.1, 0.15) is 27.2 Å². The number of nitrogens with zero attached hydrogens (tertiary/aromatic N) is 2. The molecule has 0 spiro atoms. The lowest BCUT2D eigenvalue weighted by Gasteiger charge is -2.26. The summed E-state index contributed by atoms with van der Waals surface area (Å²) in [6, 6.07) is 17.2. The second-order valence-electron chi connectivity index (χ2n) is 7.26. The maximum absolute atomic E-state index is 13.0. The molecule has 3 aromatic rings. The van der Waals surface area contributed by atoms with E-state index in [0.29, 0.717) is 18.7 Å². The van der Waals surface area contributed by atoms with Crippen LogP contribution in [0.25, 0.3) is 10.9 Å². The molecule has 1 N–H and O–H groups in total. The Morgan fingerprint density at radius 3 is 2.69 bits per heavy atom. The standard InChI is InChI=1S/C23H23N3O3/c1-26-12-11-20-18(14-26)22(17-9-5-6-10-19(17)25-20)23(28)29-15-21(27)24-13-16-7-3-2-4-8-16/h2-10H,11-15H2,1H3,(H,24,27). The van der Waals surface area contributed by atoms with Crippen LogP contribution in [-0.2, 0) is 29.0 Å². The molecule has 1 aliphatic rings. The van der Waals surface area contributed by atoms with Gasteiger partial charge in [0.2, 0.25) is 0 Å². The number of aromatic nitrogens is 1. The van der Waals surface area contributed by atoms with Gasteiger partial charge in [-0.1, -0.05) is 48.5 Å². The van der Waals surface area contributed by atoms with E-state index in [4.69, 9.17) is 9.72 Å². The van der Waals surface area contributed by atoms with Crippen molar-refractivity contribution in [3.05, 3.63) is 77.0 Å². The van der Waals surface area contributed by atoms with Gasteiger partial charge in [0.1, 0.15) is 0 Å². The topological polar surface area (TPSA) is 71.5 Å². The van der Waals surface area contributed by atoms with Crippen LogP contribution in [0, 0.1) is 0 Å². The number of likely N-dealkylation sites (N-methyl/N-ethyl adjacent to an activating group) is 1. The van der Waals surface area contributed by atoms with Gasteiger partial charge in [0.15, 0.2) is 6.61 Å². The fraction of sp³-hybridized carbons (Fsp3) is 0.261. The van der Waals surface area contributed by atoms with Crippen LogP contribution in [0.5, 0.6) is 0 Å². The molecule has 1 amide bonds. The predicted octanol–water partition coefficient (Wildman–Crippen LogP) is 2.70. The molecular formula is C23H23N3O3. The molecule has 0 saturated heterocycles. The fourth-order valence-electron chi connectivity index (χ4n) is 3.61. The Labute approximate surface area is 169 Å². The van der Waals surface area contributed by atoms with Crippen molar-refractivity contribution in [2.75, 3.05) is 20.2 Å². The van der Waals surface area contributed by atoms with Crippen molar-refractivity contribution < 1.29 is 14.3 Å². The van der Waals surface area contributed by atoms with E-state index in [2.05, 4.69) is 10.2 Å². The van der Waals surface area contributed by atoms with Gasteiger partial charge < -0.3 is 15.0 Å². The van der Waals surface area contributed by atoms with Crippen LogP contribution in [0.2, 0.25) is 0 Å². The van der Waals surface area contributed by atoms with Crippen molar-refractivity contribution in [1.82, 2.24) is 15.2 Å². The number of carbonyl (C=O) groups excluding carboxylic acids is 2. The Morgan fingerprint density at radius 2 is 1.86 bits per heavy atom. The maximum atomic E-state index is 13.0. The molecule has 29 heavy (non-hydrogen) atoms. The summed E-state index contributed by atoms with van der Waals surface area (Å²) in [5, 5.41) is 3.54. The number of fused-ring (bicyclic) bond motifs is 2. The van der Waals surface area contributed by atoms with Crippen LogP contribution in [0.15, 0.2) is 54.6 Å². The van der Waals surface area contributed by atoms with Crippen LogP contribution in [0.3, 0.4) is 0 Å². The minimum atomic E-state index is -0.481. The van der Waals surface area contributed by atoms with Crippen LogP contribution in [-0.4, -0.2) is 42.0 Å². The third kappa shape index (κ3) is 4.27. The number of carbonyl (C=O) groups is 2. The van der Waals surface area contributed by atoms with Gasteiger partial charge in [0, 0.05) is 42.7 Å². The van der Waals surface area contributed by atoms with E-state index in [9.17, 15) is 9.59 Å². The minimum Gasteiger partial charge on any atom is -0.452 e. The normalized spacial score (nSPS) is 13.7. The fourth-order valence-corrected chi connectivity index (χ4v) is 3.61. The monoisotopic (exact) mass is 389 g/mol. The predicted molar refractivity (Wildman–Crippen MR) is 110 cm³/mol. The van der Waals surface area contributed by atoms with Gasteiger partial charge in [-0.2, -0.15) is 0 Å². The molecule has 4 rings (SSSR count). The third-order valence-corrected chi connectivity index (χ3v) is 5.11. The molecule has 6 heteroatoms. The van der Waals surface area contributed by atoms with E-state index < -0.39 is 5.97 Å². The quantitative estimate of drug-likeness (QED) is 0.680. The highest BCUT2D eigenvalue weighted by Crippen LogP contribution is 2.28. The zero-order valence-electron chi connectivity index (χ0n) is 16.4. The molecular weight excluding hydrogens is 366 g/mol. The Hall–Kier alpha value is -3.25. The molecule has 0 fully saturated rings. The van der Waals surface area contributed by atoms with E-state index in [1.165, 1.54) is 0 Å².